The second kappa shape index (κ2) is 14.5. The summed E-state index contributed by atoms with van der Waals surface area (Å²) in [7, 11) is 0. The quantitative estimate of drug-likeness (QED) is 0.0934. The van der Waals surface area contributed by atoms with Crippen molar-refractivity contribution in [3.8, 4) is 17.2 Å². The maximum Gasteiger partial charge on any atom is 0.261 e. The third kappa shape index (κ3) is 7.64. The first-order valence-corrected chi connectivity index (χ1v) is 16.8. The van der Waals surface area contributed by atoms with Gasteiger partial charge < -0.3 is 14.8 Å². The Bertz CT molecular complexity index is 1950. The number of nitrogens with zero attached hydrogens (tertiary/aromatic N) is 3. The molecule has 12 nitrogen and oxygen atoms in total. The number of carbonyl (C=O) groups excluding carboxylic acids is 5. The van der Waals surface area contributed by atoms with Gasteiger partial charge in [0.15, 0.2) is 17.4 Å². The van der Waals surface area contributed by atoms with Crippen LogP contribution in [0.1, 0.15) is 95.8 Å². The number of hydrogen-bond acceptors (Lipinski definition) is 10. The SMILES string of the molecule is CC(=O)c1ncc(Oc2ccc(C(C)(C)c3ccc(OC4CC(Nc5ccc6c(c5)C(=O)N(C(C)CCC(=O)NC=O)C6=O)C4)cc3)cc2)cn1. The Labute approximate surface area is 295 Å². The summed E-state index contributed by atoms with van der Waals surface area (Å²) >= 11 is 0. The molecule has 2 N–H and O–H groups in total. The van der Waals surface area contributed by atoms with Gasteiger partial charge in [0, 0.05) is 49.4 Å². The lowest BCUT2D eigenvalue weighted by atomic mass is 9.78. The fourth-order valence-corrected chi connectivity index (χ4v) is 6.31. The van der Waals surface area contributed by atoms with E-state index >= 15 is 0 Å². The summed E-state index contributed by atoms with van der Waals surface area (Å²) in [6.07, 6.45) is 5.17. The van der Waals surface area contributed by atoms with Gasteiger partial charge in [0.05, 0.1) is 23.5 Å². The van der Waals surface area contributed by atoms with E-state index in [0.717, 1.165) is 35.4 Å². The number of fused-ring (bicyclic) bond motifs is 1. The molecule has 0 bridgehead atoms. The van der Waals surface area contributed by atoms with Crippen LogP contribution in [0.2, 0.25) is 0 Å². The molecule has 3 aromatic carbocycles. The van der Waals surface area contributed by atoms with E-state index in [1.54, 1.807) is 25.1 Å². The monoisotopic (exact) mass is 689 g/mol. The lowest BCUT2D eigenvalue weighted by Gasteiger charge is -2.36. The summed E-state index contributed by atoms with van der Waals surface area (Å²) < 4.78 is 12.1. The van der Waals surface area contributed by atoms with Crippen LogP contribution >= 0.6 is 0 Å². The third-order valence-electron chi connectivity index (χ3n) is 9.47. The summed E-state index contributed by atoms with van der Waals surface area (Å²) in [6.45, 7) is 7.45. The number of carbonyl (C=O) groups is 5. The minimum atomic E-state index is -0.496. The zero-order valence-corrected chi connectivity index (χ0v) is 28.8. The average Bonchev–Trinajstić information content (AvgIpc) is 3.35. The van der Waals surface area contributed by atoms with Gasteiger partial charge in [-0.1, -0.05) is 38.1 Å². The van der Waals surface area contributed by atoms with Gasteiger partial charge in [-0.15, -0.1) is 0 Å². The van der Waals surface area contributed by atoms with Gasteiger partial charge in [-0.3, -0.25) is 34.2 Å². The summed E-state index contributed by atoms with van der Waals surface area (Å²) in [5, 5.41) is 5.52. The fourth-order valence-electron chi connectivity index (χ4n) is 6.31. The Kier molecular flexibility index (Phi) is 9.95. The molecule has 51 heavy (non-hydrogen) atoms. The van der Waals surface area contributed by atoms with Crippen molar-refractivity contribution >= 4 is 35.6 Å². The second-order valence-corrected chi connectivity index (χ2v) is 13.4. The Morgan fingerprint density at radius 2 is 1.51 bits per heavy atom. The van der Waals surface area contributed by atoms with Gasteiger partial charge in [-0.2, -0.15) is 0 Å². The molecule has 0 spiro atoms. The molecular formula is C39H39N5O7. The molecule has 2 aliphatic rings. The average molecular weight is 690 g/mol. The van der Waals surface area contributed by atoms with Crippen LogP contribution in [-0.2, 0) is 15.0 Å². The number of hydrogen-bond donors (Lipinski definition) is 2. The molecule has 1 saturated carbocycles. The van der Waals surface area contributed by atoms with Crippen molar-refractivity contribution in [2.24, 2.45) is 0 Å². The van der Waals surface area contributed by atoms with Crippen molar-refractivity contribution in [3.05, 3.63) is 107 Å². The van der Waals surface area contributed by atoms with Crippen molar-refractivity contribution in [2.75, 3.05) is 5.32 Å². The molecule has 0 radical (unpaired) electrons. The highest BCUT2D eigenvalue weighted by atomic mass is 16.5. The number of imide groups is 2. The van der Waals surface area contributed by atoms with E-state index in [-0.39, 0.29) is 53.8 Å². The van der Waals surface area contributed by atoms with E-state index in [1.165, 1.54) is 24.2 Å². The van der Waals surface area contributed by atoms with E-state index in [9.17, 15) is 24.0 Å². The van der Waals surface area contributed by atoms with Gasteiger partial charge in [-0.25, -0.2) is 9.97 Å². The van der Waals surface area contributed by atoms with Gasteiger partial charge in [0.1, 0.15) is 17.6 Å². The van der Waals surface area contributed by atoms with Crippen molar-refractivity contribution in [1.82, 2.24) is 20.2 Å². The molecule has 1 fully saturated rings. The van der Waals surface area contributed by atoms with Crippen molar-refractivity contribution in [1.29, 1.82) is 0 Å². The Morgan fingerprint density at radius 1 is 0.902 bits per heavy atom. The smallest absolute Gasteiger partial charge is 0.261 e. The van der Waals surface area contributed by atoms with Gasteiger partial charge in [0.2, 0.25) is 12.3 Å². The first-order valence-electron chi connectivity index (χ1n) is 16.8. The van der Waals surface area contributed by atoms with Crippen molar-refractivity contribution in [3.63, 3.8) is 0 Å². The van der Waals surface area contributed by atoms with Gasteiger partial charge in [0.25, 0.3) is 11.8 Å². The molecule has 2 heterocycles. The first kappa shape index (κ1) is 34.9. The molecule has 12 heteroatoms. The van der Waals surface area contributed by atoms with Gasteiger partial charge in [-0.05, 0) is 66.9 Å². The van der Waals surface area contributed by atoms with Crippen LogP contribution in [0.15, 0.2) is 79.1 Å². The Balaban J connectivity index is 0.987. The predicted molar refractivity (Wildman–Crippen MR) is 188 cm³/mol. The fraction of sp³-hybridized carbons (Fsp3) is 0.308. The number of anilines is 1. The summed E-state index contributed by atoms with van der Waals surface area (Å²) in [6, 6.07) is 20.8. The standard InChI is InChI=1S/C39H39N5O7/c1-23(5-16-35(47)42-22-45)44-37(48)33-15-10-27(19-34(33)38(44)49)43-28-17-31(18-28)50-29-11-6-25(7-12-29)39(3,4)26-8-13-30(14-9-26)51-32-20-40-36(24(2)46)41-21-32/h6-15,19-23,28,31,43H,5,16-18H2,1-4H3,(H,42,45,47). The van der Waals surface area contributed by atoms with Crippen LogP contribution < -0.4 is 20.1 Å². The maximum absolute atomic E-state index is 13.1. The number of Topliss-reactive ketones (excluding diaryl/α,β-unsaturated/α-hetero) is 1. The molecule has 1 unspecified atom stereocenters. The minimum absolute atomic E-state index is 0.0255. The summed E-state index contributed by atoms with van der Waals surface area (Å²) in [4.78, 5) is 68.9. The molecule has 1 aliphatic carbocycles. The zero-order chi connectivity index (χ0) is 36.3. The van der Waals surface area contributed by atoms with Crippen LogP contribution in [-0.4, -0.2) is 63.0 Å². The third-order valence-corrected chi connectivity index (χ3v) is 9.47. The maximum atomic E-state index is 13.1. The number of nitrogens with one attached hydrogen (secondary N) is 2. The molecule has 0 saturated heterocycles. The van der Waals surface area contributed by atoms with E-state index in [2.05, 4.69) is 46.6 Å². The molecule has 6 rings (SSSR count). The van der Waals surface area contributed by atoms with E-state index in [4.69, 9.17) is 9.47 Å². The summed E-state index contributed by atoms with van der Waals surface area (Å²) in [5.41, 5.74) is 3.39. The van der Waals surface area contributed by atoms with Crippen LogP contribution in [0.25, 0.3) is 0 Å². The molecule has 1 atom stereocenters. The summed E-state index contributed by atoms with van der Waals surface area (Å²) in [5.74, 6) is 0.594. The molecule has 1 aromatic heterocycles. The molecular weight excluding hydrogens is 650 g/mol. The predicted octanol–water partition coefficient (Wildman–Crippen LogP) is 5.86. The second-order valence-electron chi connectivity index (χ2n) is 13.4. The highest BCUT2D eigenvalue weighted by Gasteiger charge is 2.39. The normalized spacial score (nSPS) is 17.2. The number of benzene rings is 3. The lowest BCUT2D eigenvalue weighted by Crippen LogP contribution is -2.42. The molecule has 262 valence electrons. The van der Waals surface area contributed by atoms with E-state index in [1.807, 2.05) is 36.4 Å². The first-order chi connectivity index (χ1) is 24.4. The number of ketones is 1. The topological polar surface area (TPSA) is 157 Å². The Morgan fingerprint density at radius 3 is 2.12 bits per heavy atom. The van der Waals surface area contributed by atoms with Gasteiger partial charge >= 0.3 is 0 Å². The van der Waals surface area contributed by atoms with Crippen molar-refractivity contribution < 1.29 is 33.4 Å². The van der Waals surface area contributed by atoms with Crippen LogP contribution in [0.4, 0.5) is 5.69 Å². The highest BCUT2D eigenvalue weighted by Crippen LogP contribution is 2.36. The number of amides is 4. The van der Waals surface area contributed by atoms with Crippen molar-refractivity contribution in [2.45, 2.75) is 77.0 Å². The molecule has 4 amide bonds. The molecule has 1 aliphatic heterocycles. The zero-order valence-electron chi connectivity index (χ0n) is 28.8. The minimum Gasteiger partial charge on any atom is -0.490 e. The van der Waals surface area contributed by atoms with E-state index < -0.39 is 11.9 Å². The van der Waals surface area contributed by atoms with E-state index in [0.29, 0.717) is 29.0 Å². The van der Waals surface area contributed by atoms with Crippen LogP contribution in [0.3, 0.4) is 0 Å². The van der Waals surface area contributed by atoms with Crippen LogP contribution in [0, 0.1) is 0 Å². The number of rotatable bonds is 14. The highest BCUT2D eigenvalue weighted by molar-refractivity contribution is 6.22. The lowest BCUT2D eigenvalue weighted by molar-refractivity contribution is -0.125. The molecule has 4 aromatic rings. The van der Waals surface area contributed by atoms with Crippen LogP contribution in [0.5, 0.6) is 17.2 Å². The largest absolute Gasteiger partial charge is 0.490 e. The Hall–Kier alpha value is -5.91. The number of aromatic nitrogens is 2. The number of ether oxygens (including phenoxy) is 2.